The number of carbonyl (C=O) groups is 2. The molecule has 0 saturated heterocycles. The summed E-state index contributed by atoms with van der Waals surface area (Å²) in [6, 6.07) is -2.91. The Kier molecular flexibility index (Phi) is 6.31. The normalized spacial score (nSPS) is 15.3. The maximum atomic E-state index is 12.8. The summed E-state index contributed by atoms with van der Waals surface area (Å²) in [4.78, 5) is 22.4. The number of alkyl halides is 3. The predicted octanol–water partition coefficient (Wildman–Crippen LogP) is 1.92. The summed E-state index contributed by atoms with van der Waals surface area (Å²) in [6.07, 6.45) is -4.42. The number of primary amides is 1. The number of amides is 3. The zero-order chi connectivity index (χ0) is 16.1. The lowest BCUT2D eigenvalue weighted by molar-refractivity contribution is -0.164. The van der Waals surface area contributed by atoms with Gasteiger partial charge in [-0.15, -0.1) is 0 Å². The highest BCUT2D eigenvalue weighted by atomic mass is 19.4. The van der Waals surface area contributed by atoms with Gasteiger partial charge in [-0.3, -0.25) is 4.79 Å². The molecule has 0 bridgehead atoms. The molecule has 0 aliphatic heterocycles. The van der Waals surface area contributed by atoms with Crippen LogP contribution in [0.5, 0.6) is 0 Å². The van der Waals surface area contributed by atoms with Crippen LogP contribution < -0.4 is 16.4 Å². The van der Waals surface area contributed by atoms with Gasteiger partial charge < -0.3 is 16.4 Å². The first-order valence-corrected chi connectivity index (χ1v) is 6.32. The van der Waals surface area contributed by atoms with Crippen LogP contribution in [0.15, 0.2) is 0 Å². The van der Waals surface area contributed by atoms with E-state index in [1.807, 2.05) is 5.32 Å². The highest BCUT2D eigenvalue weighted by Crippen LogP contribution is 2.27. The van der Waals surface area contributed by atoms with Crippen LogP contribution in [0, 0.1) is 5.92 Å². The van der Waals surface area contributed by atoms with E-state index >= 15 is 0 Å². The number of rotatable bonds is 6. The second kappa shape index (κ2) is 6.81. The summed E-state index contributed by atoms with van der Waals surface area (Å²) < 4.78 is 38.5. The quantitative estimate of drug-likeness (QED) is 0.699. The van der Waals surface area contributed by atoms with Crippen molar-refractivity contribution in [3.8, 4) is 0 Å². The van der Waals surface area contributed by atoms with E-state index in [9.17, 15) is 22.8 Å². The summed E-state index contributed by atoms with van der Waals surface area (Å²) in [5.74, 6) is -1.40. The van der Waals surface area contributed by atoms with E-state index in [4.69, 9.17) is 5.73 Å². The van der Waals surface area contributed by atoms with E-state index in [1.165, 1.54) is 20.8 Å². The number of halogens is 3. The molecule has 0 aliphatic carbocycles. The van der Waals surface area contributed by atoms with Crippen molar-refractivity contribution >= 4 is 11.9 Å². The van der Waals surface area contributed by atoms with Gasteiger partial charge in [0.2, 0.25) is 5.91 Å². The highest BCUT2D eigenvalue weighted by molar-refractivity contribution is 5.78. The van der Waals surface area contributed by atoms with Gasteiger partial charge in [0.1, 0.15) is 6.04 Å². The van der Waals surface area contributed by atoms with Crippen LogP contribution in [-0.2, 0) is 4.79 Å². The van der Waals surface area contributed by atoms with Crippen LogP contribution in [0.2, 0.25) is 0 Å². The van der Waals surface area contributed by atoms with Crippen molar-refractivity contribution in [2.24, 2.45) is 11.7 Å². The number of nitrogens with one attached hydrogen (secondary N) is 2. The molecule has 20 heavy (non-hydrogen) atoms. The third-order valence-electron chi connectivity index (χ3n) is 2.92. The zero-order valence-electron chi connectivity index (χ0n) is 12.1. The molecule has 0 fully saturated rings. The molecule has 0 saturated carbocycles. The molecular weight excluding hydrogens is 275 g/mol. The summed E-state index contributed by atoms with van der Waals surface area (Å²) >= 11 is 0. The molecule has 0 heterocycles. The summed E-state index contributed by atoms with van der Waals surface area (Å²) in [5, 5.41) is 4.23. The second-order valence-electron chi connectivity index (χ2n) is 5.53. The molecule has 0 unspecified atom stereocenters. The van der Waals surface area contributed by atoms with Crippen molar-refractivity contribution in [1.82, 2.24) is 10.6 Å². The number of carbonyl (C=O) groups excluding carboxylic acids is 2. The highest BCUT2D eigenvalue weighted by Gasteiger charge is 2.43. The number of urea groups is 1. The molecule has 0 rings (SSSR count). The Labute approximate surface area is 116 Å². The molecule has 2 atom stereocenters. The van der Waals surface area contributed by atoms with Crippen LogP contribution >= 0.6 is 0 Å². The first-order valence-electron chi connectivity index (χ1n) is 6.32. The lowest BCUT2D eigenvalue weighted by atomic mass is 9.98. The monoisotopic (exact) mass is 297 g/mol. The van der Waals surface area contributed by atoms with Gasteiger partial charge in [0.05, 0.1) is 0 Å². The Morgan fingerprint density at radius 2 is 1.75 bits per heavy atom. The van der Waals surface area contributed by atoms with Crippen molar-refractivity contribution in [2.45, 2.75) is 58.3 Å². The van der Waals surface area contributed by atoms with E-state index in [1.54, 1.807) is 6.92 Å². The maximum absolute atomic E-state index is 12.8. The Bertz CT molecular complexity index is 356. The van der Waals surface area contributed by atoms with E-state index in [0.29, 0.717) is 0 Å². The SMILES string of the molecule is CC[C@H](C)[C@H](NC(=O)NC(C)(C)CC(N)=O)C(F)(F)F. The van der Waals surface area contributed by atoms with E-state index in [-0.39, 0.29) is 12.8 Å². The third kappa shape index (κ3) is 6.63. The van der Waals surface area contributed by atoms with Crippen LogP contribution in [-0.4, -0.2) is 29.7 Å². The van der Waals surface area contributed by atoms with Crippen molar-refractivity contribution in [1.29, 1.82) is 0 Å². The average Bonchev–Trinajstić information content (AvgIpc) is 2.20. The van der Waals surface area contributed by atoms with Gasteiger partial charge in [0, 0.05) is 12.0 Å². The molecule has 0 aromatic heterocycles. The Morgan fingerprint density at radius 1 is 1.25 bits per heavy atom. The number of hydrogen-bond acceptors (Lipinski definition) is 2. The molecule has 0 aromatic carbocycles. The van der Waals surface area contributed by atoms with Crippen molar-refractivity contribution in [2.75, 3.05) is 0 Å². The minimum atomic E-state index is -4.53. The van der Waals surface area contributed by atoms with E-state index < -0.39 is 35.6 Å². The standard InChI is InChI=1S/C12H22F3N3O2/c1-5-7(2)9(12(13,14)15)17-10(20)18-11(3,4)6-8(16)19/h7,9H,5-6H2,1-4H3,(H2,16,19)(H2,17,18,20)/t7-,9-/m0/s1. The van der Waals surface area contributed by atoms with Crippen LogP contribution in [0.1, 0.15) is 40.5 Å². The molecule has 0 aromatic rings. The number of nitrogens with two attached hydrogens (primary N) is 1. The number of hydrogen-bond donors (Lipinski definition) is 3. The lowest BCUT2D eigenvalue weighted by Gasteiger charge is -2.30. The fraction of sp³-hybridized carbons (Fsp3) is 0.833. The van der Waals surface area contributed by atoms with Gasteiger partial charge >= 0.3 is 12.2 Å². The largest absolute Gasteiger partial charge is 0.408 e. The van der Waals surface area contributed by atoms with Crippen molar-refractivity contribution < 1.29 is 22.8 Å². The van der Waals surface area contributed by atoms with Gasteiger partial charge in [-0.1, -0.05) is 20.3 Å². The molecular formula is C12H22F3N3O2. The first kappa shape index (κ1) is 18.5. The van der Waals surface area contributed by atoms with E-state index in [0.717, 1.165) is 0 Å². The first-order chi connectivity index (χ1) is 8.89. The summed E-state index contributed by atoms with van der Waals surface area (Å²) in [7, 11) is 0. The van der Waals surface area contributed by atoms with Gasteiger partial charge in [-0.05, 0) is 19.8 Å². The molecule has 3 amide bonds. The average molecular weight is 297 g/mol. The molecule has 0 spiro atoms. The van der Waals surface area contributed by atoms with Crippen molar-refractivity contribution in [3.63, 3.8) is 0 Å². The zero-order valence-corrected chi connectivity index (χ0v) is 12.1. The van der Waals surface area contributed by atoms with Gasteiger partial charge in [0.15, 0.2) is 0 Å². The summed E-state index contributed by atoms with van der Waals surface area (Å²) in [6.45, 7) is 6.03. The van der Waals surface area contributed by atoms with Gasteiger partial charge in [-0.25, -0.2) is 4.79 Å². The molecule has 8 heteroatoms. The molecule has 118 valence electrons. The Hall–Kier alpha value is -1.47. The molecule has 0 aliphatic rings. The Morgan fingerprint density at radius 3 is 2.10 bits per heavy atom. The lowest BCUT2D eigenvalue weighted by Crippen LogP contribution is -2.57. The molecule has 4 N–H and O–H groups in total. The minimum absolute atomic E-state index is 0.166. The van der Waals surface area contributed by atoms with Crippen LogP contribution in [0.3, 0.4) is 0 Å². The molecule has 0 radical (unpaired) electrons. The smallest absolute Gasteiger partial charge is 0.370 e. The van der Waals surface area contributed by atoms with Crippen LogP contribution in [0.25, 0.3) is 0 Å². The third-order valence-corrected chi connectivity index (χ3v) is 2.92. The van der Waals surface area contributed by atoms with Crippen molar-refractivity contribution in [3.05, 3.63) is 0 Å². The van der Waals surface area contributed by atoms with Gasteiger partial charge in [0.25, 0.3) is 0 Å². The minimum Gasteiger partial charge on any atom is -0.370 e. The topological polar surface area (TPSA) is 84.2 Å². The predicted molar refractivity (Wildman–Crippen MR) is 68.9 cm³/mol. The van der Waals surface area contributed by atoms with E-state index in [2.05, 4.69) is 5.32 Å². The fourth-order valence-corrected chi connectivity index (χ4v) is 1.75. The fourth-order valence-electron chi connectivity index (χ4n) is 1.75. The summed E-state index contributed by atoms with van der Waals surface area (Å²) in [5.41, 5.74) is 3.99. The second-order valence-corrected chi connectivity index (χ2v) is 5.53. The Balaban J connectivity index is 4.74. The van der Waals surface area contributed by atoms with Gasteiger partial charge in [-0.2, -0.15) is 13.2 Å². The van der Waals surface area contributed by atoms with Crippen LogP contribution in [0.4, 0.5) is 18.0 Å². The molecule has 5 nitrogen and oxygen atoms in total. The maximum Gasteiger partial charge on any atom is 0.408 e.